The van der Waals surface area contributed by atoms with E-state index < -0.39 is 0 Å². The van der Waals surface area contributed by atoms with Gasteiger partial charge in [-0.3, -0.25) is 19.6 Å². The molecule has 31 heavy (non-hydrogen) atoms. The van der Waals surface area contributed by atoms with E-state index in [1.807, 2.05) is 55.1 Å². The molecule has 2 aromatic heterocycles. The van der Waals surface area contributed by atoms with Crippen LogP contribution in [0.15, 0.2) is 59.8 Å². The van der Waals surface area contributed by atoms with Crippen LogP contribution >= 0.6 is 0 Å². The van der Waals surface area contributed by atoms with E-state index in [4.69, 9.17) is 0 Å². The van der Waals surface area contributed by atoms with E-state index in [1.165, 1.54) is 4.57 Å². The number of carbonyl (C=O) groups excluding carboxylic acids is 1. The van der Waals surface area contributed by atoms with Gasteiger partial charge < -0.3 is 14.4 Å². The summed E-state index contributed by atoms with van der Waals surface area (Å²) in [6.45, 7) is 6.04. The first-order chi connectivity index (χ1) is 14.9. The third kappa shape index (κ3) is 4.41. The number of carbonyl (C=O) groups is 1. The molecule has 0 bridgehead atoms. The van der Waals surface area contributed by atoms with E-state index in [2.05, 4.69) is 21.9 Å². The average Bonchev–Trinajstić information content (AvgIpc) is 2.77. The van der Waals surface area contributed by atoms with E-state index in [1.54, 1.807) is 18.6 Å². The van der Waals surface area contributed by atoms with Gasteiger partial charge in [-0.1, -0.05) is 30.3 Å². The van der Waals surface area contributed by atoms with Crippen LogP contribution in [0.2, 0.25) is 0 Å². The summed E-state index contributed by atoms with van der Waals surface area (Å²) >= 11 is 0. The molecular formula is C24H27N5O2. The number of pyridine rings is 1. The molecule has 7 nitrogen and oxygen atoms in total. The Morgan fingerprint density at radius 1 is 1.06 bits per heavy atom. The smallest absolute Gasteiger partial charge is 0.264 e. The Morgan fingerprint density at radius 2 is 1.84 bits per heavy atom. The Balaban J connectivity index is 1.68. The van der Waals surface area contributed by atoms with Crippen molar-refractivity contribution >= 4 is 5.91 Å². The van der Waals surface area contributed by atoms with Crippen LogP contribution in [-0.2, 0) is 6.54 Å². The number of piperazine rings is 1. The molecule has 1 saturated heterocycles. The normalized spacial score (nSPS) is 17.0. The van der Waals surface area contributed by atoms with Crippen LogP contribution in [-0.4, -0.2) is 56.9 Å². The average molecular weight is 418 g/mol. The lowest BCUT2D eigenvalue weighted by Gasteiger charge is -2.40. The SMILES string of the molecule is Cc1cnc(Cn2ccc(C)c(C(=O)N3CCN(C)CC3c3ccccc3)c2=O)cn1. The van der Waals surface area contributed by atoms with Gasteiger partial charge in [0, 0.05) is 32.0 Å². The molecule has 160 valence electrons. The third-order valence-corrected chi connectivity index (χ3v) is 5.78. The van der Waals surface area contributed by atoms with Gasteiger partial charge in [0.1, 0.15) is 5.56 Å². The van der Waals surface area contributed by atoms with Crippen LogP contribution in [0.4, 0.5) is 0 Å². The molecule has 1 aromatic carbocycles. The van der Waals surface area contributed by atoms with Crippen molar-refractivity contribution < 1.29 is 4.79 Å². The molecule has 7 heteroatoms. The summed E-state index contributed by atoms with van der Waals surface area (Å²) in [5.74, 6) is -0.214. The van der Waals surface area contributed by atoms with Crippen molar-refractivity contribution in [2.45, 2.75) is 26.4 Å². The van der Waals surface area contributed by atoms with Gasteiger partial charge in [0.15, 0.2) is 0 Å². The lowest BCUT2D eigenvalue weighted by Crippen LogP contribution is -2.50. The van der Waals surface area contributed by atoms with Crippen molar-refractivity contribution in [2.24, 2.45) is 0 Å². The highest BCUT2D eigenvalue weighted by Crippen LogP contribution is 2.26. The predicted octanol–water partition coefficient (Wildman–Crippen LogP) is 2.43. The van der Waals surface area contributed by atoms with E-state index in [0.717, 1.165) is 24.3 Å². The van der Waals surface area contributed by atoms with Gasteiger partial charge in [-0.25, -0.2) is 0 Å². The molecule has 0 N–H and O–H groups in total. The van der Waals surface area contributed by atoms with Gasteiger partial charge in [-0.05, 0) is 38.1 Å². The van der Waals surface area contributed by atoms with Crippen molar-refractivity contribution in [3.63, 3.8) is 0 Å². The summed E-state index contributed by atoms with van der Waals surface area (Å²) in [6, 6.07) is 11.7. The quantitative estimate of drug-likeness (QED) is 0.652. The zero-order valence-corrected chi connectivity index (χ0v) is 18.2. The summed E-state index contributed by atoms with van der Waals surface area (Å²) in [5, 5.41) is 0. The largest absolute Gasteiger partial charge is 0.329 e. The van der Waals surface area contributed by atoms with Crippen LogP contribution in [0, 0.1) is 13.8 Å². The Kier molecular flexibility index (Phi) is 5.95. The monoisotopic (exact) mass is 417 g/mol. The van der Waals surface area contributed by atoms with Crippen LogP contribution in [0.3, 0.4) is 0 Å². The lowest BCUT2D eigenvalue weighted by atomic mass is 10.0. The first kappa shape index (κ1) is 20.9. The zero-order chi connectivity index (χ0) is 22.0. The van der Waals surface area contributed by atoms with Crippen molar-refractivity contribution in [1.82, 2.24) is 24.3 Å². The molecule has 0 radical (unpaired) electrons. The van der Waals surface area contributed by atoms with E-state index in [0.29, 0.717) is 17.8 Å². The van der Waals surface area contributed by atoms with Gasteiger partial charge in [0.25, 0.3) is 11.5 Å². The molecule has 0 spiro atoms. The lowest BCUT2D eigenvalue weighted by molar-refractivity contribution is 0.0495. The number of likely N-dealkylation sites (N-methyl/N-ethyl adjacent to an activating group) is 1. The maximum absolute atomic E-state index is 13.6. The minimum absolute atomic E-state index is 0.0946. The molecule has 1 fully saturated rings. The molecule has 1 atom stereocenters. The maximum atomic E-state index is 13.6. The van der Waals surface area contributed by atoms with Crippen molar-refractivity contribution in [1.29, 1.82) is 0 Å². The van der Waals surface area contributed by atoms with Gasteiger partial charge in [-0.15, -0.1) is 0 Å². The molecule has 1 amide bonds. The number of hydrogen-bond acceptors (Lipinski definition) is 5. The van der Waals surface area contributed by atoms with Crippen LogP contribution < -0.4 is 5.56 Å². The Hall–Kier alpha value is -3.32. The third-order valence-electron chi connectivity index (χ3n) is 5.78. The number of aromatic nitrogens is 3. The molecule has 3 aromatic rings. The van der Waals surface area contributed by atoms with Crippen molar-refractivity contribution in [3.8, 4) is 0 Å². The number of hydrogen-bond donors (Lipinski definition) is 0. The first-order valence-electron chi connectivity index (χ1n) is 10.5. The van der Waals surface area contributed by atoms with Crippen LogP contribution in [0.1, 0.15) is 38.9 Å². The fraction of sp³-hybridized carbons (Fsp3) is 0.333. The Labute approximate surface area is 182 Å². The fourth-order valence-corrected chi connectivity index (χ4v) is 3.99. The predicted molar refractivity (Wildman–Crippen MR) is 119 cm³/mol. The van der Waals surface area contributed by atoms with Gasteiger partial charge in [0.2, 0.25) is 0 Å². The summed E-state index contributed by atoms with van der Waals surface area (Å²) in [6.07, 6.45) is 5.05. The molecule has 3 heterocycles. The van der Waals surface area contributed by atoms with Crippen molar-refractivity contribution in [3.05, 3.63) is 93.4 Å². The van der Waals surface area contributed by atoms with E-state index in [-0.39, 0.29) is 29.6 Å². The van der Waals surface area contributed by atoms with Gasteiger partial charge in [0.05, 0.1) is 30.2 Å². The highest BCUT2D eigenvalue weighted by molar-refractivity contribution is 5.95. The van der Waals surface area contributed by atoms with Crippen LogP contribution in [0.5, 0.6) is 0 Å². The zero-order valence-electron chi connectivity index (χ0n) is 18.2. The summed E-state index contributed by atoms with van der Waals surface area (Å²) in [7, 11) is 2.06. The van der Waals surface area contributed by atoms with Gasteiger partial charge >= 0.3 is 0 Å². The molecule has 0 aliphatic carbocycles. The number of aryl methyl sites for hydroxylation is 2. The molecule has 0 saturated carbocycles. The molecule has 4 rings (SSSR count). The Bertz CT molecular complexity index is 1120. The maximum Gasteiger partial charge on any atom is 0.264 e. The molecule has 1 aliphatic heterocycles. The summed E-state index contributed by atoms with van der Waals surface area (Å²) in [5.41, 5.74) is 3.19. The van der Waals surface area contributed by atoms with Crippen molar-refractivity contribution in [2.75, 3.05) is 26.7 Å². The summed E-state index contributed by atoms with van der Waals surface area (Å²) < 4.78 is 1.53. The van der Waals surface area contributed by atoms with Gasteiger partial charge in [-0.2, -0.15) is 0 Å². The highest BCUT2D eigenvalue weighted by atomic mass is 16.2. The first-order valence-corrected chi connectivity index (χ1v) is 10.5. The second kappa shape index (κ2) is 8.81. The molecule has 1 unspecified atom stereocenters. The topological polar surface area (TPSA) is 71.3 Å². The fourth-order valence-electron chi connectivity index (χ4n) is 3.99. The Morgan fingerprint density at radius 3 is 2.55 bits per heavy atom. The minimum atomic E-state index is -0.293. The number of nitrogens with zero attached hydrogens (tertiary/aromatic N) is 5. The second-order valence-corrected chi connectivity index (χ2v) is 8.14. The standard InChI is InChI=1S/C24H27N5O2/c1-17-9-10-28(15-20-14-25-18(2)13-26-20)23(30)22(17)24(31)29-12-11-27(3)16-21(29)19-7-5-4-6-8-19/h4-10,13-14,21H,11-12,15-16H2,1-3H3. The summed E-state index contributed by atoms with van der Waals surface area (Å²) in [4.78, 5) is 39.6. The number of amides is 1. The minimum Gasteiger partial charge on any atom is -0.329 e. The molecule has 1 aliphatic rings. The highest BCUT2D eigenvalue weighted by Gasteiger charge is 2.32. The van der Waals surface area contributed by atoms with Crippen LogP contribution in [0.25, 0.3) is 0 Å². The molecular weight excluding hydrogens is 390 g/mol. The number of rotatable bonds is 4. The second-order valence-electron chi connectivity index (χ2n) is 8.14. The van der Waals surface area contributed by atoms with E-state index >= 15 is 0 Å². The number of benzene rings is 1. The van der Waals surface area contributed by atoms with E-state index in [9.17, 15) is 9.59 Å².